The molecule has 2 aromatic carbocycles. The standard InChI is InChI=1S/C17H19N3O2/c1-12-5-3-4-6-15(12)20-17(22)19-14-9-7-13(8-10-14)11-16(21)18-2/h3-10H,11H2,1-2H3,(H,18,21)(H2,19,20,22). The molecule has 0 aromatic heterocycles. The Morgan fingerprint density at radius 1 is 0.955 bits per heavy atom. The molecule has 3 amide bonds. The Labute approximate surface area is 129 Å². The van der Waals surface area contributed by atoms with Crippen LogP contribution in [0.15, 0.2) is 48.5 Å². The Balaban J connectivity index is 1.94. The Hall–Kier alpha value is -2.82. The van der Waals surface area contributed by atoms with Gasteiger partial charge in [0.15, 0.2) is 0 Å². The molecule has 0 aliphatic heterocycles. The number of hydrogen-bond donors (Lipinski definition) is 3. The van der Waals surface area contributed by atoms with Gasteiger partial charge in [0.05, 0.1) is 6.42 Å². The summed E-state index contributed by atoms with van der Waals surface area (Å²) >= 11 is 0. The van der Waals surface area contributed by atoms with Gasteiger partial charge in [0.1, 0.15) is 0 Å². The normalized spacial score (nSPS) is 9.91. The summed E-state index contributed by atoms with van der Waals surface area (Å²) in [6, 6.07) is 14.5. The third-order valence-corrected chi connectivity index (χ3v) is 3.25. The molecular weight excluding hydrogens is 278 g/mol. The monoisotopic (exact) mass is 297 g/mol. The summed E-state index contributed by atoms with van der Waals surface area (Å²) in [6.45, 7) is 1.93. The molecule has 0 aliphatic rings. The number of carbonyl (C=O) groups is 2. The van der Waals surface area contributed by atoms with Crippen LogP contribution in [0.25, 0.3) is 0 Å². The van der Waals surface area contributed by atoms with Gasteiger partial charge >= 0.3 is 6.03 Å². The maximum absolute atomic E-state index is 12.0. The van der Waals surface area contributed by atoms with E-state index in [2.05, 4.69) is 16.0 Å². The van der Waals surface area contributed by atoms with Crippen LogP contribution >= 0.6 is 0 Å². The molecule has 114 valence electrons. The van der Waals surface area contributed by atoms with Gasteiger partial charge in [-0.2, -0.15) is 0 Å². The van der Waals surface area contributed by atoms with Crippen molar-refractivity contribution in [2.75, 3.05) is 17.7 Å². The minimum Gasteiger partial charge on any atom is -0.359 e. The fraction of sp³-hybridized carbons (Fsp3) is 0.176. The third-order valence-electron chi connectivity index (χ3n) is 3.25. The minimum atomic E-state index is -0.298. The maximum atomic E-state index is 12.0. The second-order valence-electron chi connectivity index (χ2n) is 4.94. The van der Waals surface area contributed by atoms with E-state index in [0.29, 0.717) is 12.1 Å². The van der Waals surface area contributed by atoms with Gasteiger partial charge in [0.2, 0.25) is 5.91 Å². The molecule has 5 nitrogen and oxygen atoms in total. The molecule has 5 heteroatoms. The van der Waals surface area contributed by atoms with Crippen molar-refractivity contribution >= 4 is 23.3 Å². The van der Waals surface area contributed by atoms with E-state index in [1.54, 1.807) is 19.2 Å². The van der Waals surface area contributed by atoms with E-state index < -0.39 is 0 Å². The largest absolute Gasteiger partial charge is 0.359 e. The van der Waals surface area contributed by atoms with E-state index in [1.807, 2.05) is 43.3 Å². The zero-order chi connectivity index (χ0) is 15.9. The number of para-hydroxylation sites is 1. The molecule has 0 spiro atoms. The van der Waals surface area contributed by atoms with Crippen molar-refractivity contribution in [1.82, 2.24) is 5.32 Å². The molecule has 0 bridgehead atoms. The van der Waals surface area contributed by atoms with E-state index in [9.17, 15) is 9.59 Å². The van der Waals surface area contributed by atoms with Crippen LogP contribution in [-0.4, -0.2) is 19.0 Å². The average molecular weight is 297 g/mol. The number of amides is 3. The summed E-state index contributed by atoms with van der Waals surface area (Å²) in [6.07, 6.45) is 0.326. The van der Waals surface area contributed by atoms with Gasteiger partial charge in [-0.05, 0) is 36.2 Å². The second-order valence-corrected chi connectivity index (χ2v) is 4.94. The van der Waals surface area contributed by atoms with Gasteiger partial charge in [-0.3, -0.25) is 4.79 Å². The average Bonchev–Trinajstić information content (AvgIpc) is 2.51. The highest BCUT2D eigenvalue weighted by Crippen LogP contribution is 2.14. The molecule has 2 rings (SSSR count). The molecular formula is C17H19N3O2. The van der Waals surface area contributed by atoms with Gasteiger partial charge in [-0.15, -0.1) is 0 Å². The smallest absolute Gasteiger partial charge is 0.323 e. The first-order valence-electron chi connectivity index (χ1n) is 7.01. The first-order chi connectivity index (χ1) is 10.6. The number of nitrogens with one attached hydrogen (secondary N) is 3. The molecule has 22 heavy (non-hydrogen) atoms. The Morgan fingerprint density at radius 3 is 2.27 bits per heavy atom. The molecule has 0 heterocycles. The quantitative estimate of drug-likeness (QED) is 0.812. The van der Waals surface area contributed by atoms with Crippen molar-refractivity contribution in [3.05, 3.63) is 59.7 Å². The van der Waals surface area contributed by atoms with Crippen molar-refractivity contribution < 1.29 is 9.59 Å². The molecule has 3 N–H and O–H groups in total. The van der Waals surface area contributed by atoms with E-state index in [-0.39, 0.29) is 11.9 Å². The summed E-state index contributed by atoms with van der Waals surface area (Å²) in [5.41, 5.74) is 3.34. The third kappa shape index (κ3) is 4.34. The zero-order valence-corrected chi connectivity index (χ0v) is 12.6. The van der Waals surface area contributed by atoms with E-state index in [0.717, 1.165) is 16.8 Å². The van der Waals surface area contributed by atoms with Gasteiger partial charge in [-0.1, -0.05) is 30.3 Å². The number of urea groups is 1. The topological polar surface area (TPSA) is 70.2 Å². The summed E-state index contributed by atoms with van der Waals surface area (Å²) < 4.78 is 0. The van der Waals surface area contributed by atoms with Gasteiger partial charge in [-0.25, -0.2) is 4.79 Å². The number of aryl methyl sites for hydroxylation is 1. The van der Waals surface area contributed by atoms with Crippen LogP contribution in [0, 0.1) is 6.92 Å². The predicted molar refractivity (Wildman–Crippen MR) is 88.0 cm³/mol. The lowest BCUT2D eigenvalue weighted by Gasteiger charge is -2.10. The lowest BCUT2D eigenvalue weighted by Crippen LogP contribution is -2.20. The van der Waals surface area contributed by atoms with Crippen LogP contribution < -0.4 is 16.0 Å². The Morgan fingerprint density at radius 2 is 1.64 bits per heavy atom. The molecule has 0 radical (unpaired) electrons. The summed E-state index contributed by atoms with van der Waals surface area (Å²) in [4.78, 5) is 23.2. The molecule has 0 fully saturated rings. The number of carbonyl (C=O) groups excluding carboxylic acids is 2. The molecule has 0 saturated carbocycles. The molecule has 2 aromatic rings. The van der Waals surface area contributed by atoms with Crippen LogP contribution in [0.2, 0.25) is 0 Å². The van der Waals surface area contributed by atoms with Crippen molar-refractivity contribution in [1.29, 1.82) is 0 Å². The fourth-order valence-corrected chi connectivity index (χ4v) is 1.98. The number of rotatable bonds is 4. The molecule has 0 saturated heterocycles. The minimum absolute atomic E-state index is 0.0435. The van der Waals surface area contributed by atoms with Crippen LogP contribution in [0.1, 0.15) is 11.1 Å². The highest BCUT2D eigenvalue weighted by Gasteiger charge is 2.05. The Kier molecular flexibility index (Phi) is 5.14. The first kappa shape index (κ1) is 15.6. The van der Waals surface area contributed by atoms with E-state index >= 15 is 0 Å². The molecule has 0 aliphatic carbocycles. The molecule has 0 atom stereocenters. The van der Waals surface area contributed by atoms with Crippen molar-refractivity contribution in [2.45, 2.75) is 13.3 Å². The SMILES string of the molecule is CNC(=O)Cc1ccc(NC(=O)Nc2ccccc2C)cc1. The highest BCUT2D eigenvalue weighted by atomic mass is 16.2. The van der Waals surface area contributed by atoms with Crippen molar-refractivity contribution in [3.8, 4) is 0 Å². The van der Waals surface area contributed by atoms with Gasteiger partial charge in [0.25, 0.3) is 0 Å². The van der Waals surface area contributed by atoms with E-state index in [4.69, 9.17) is 0 Å². The lowest BCUT2D eigenvalue weighted by atomic mass is 10.1. The second kappa shape index (κ2) is 7.26. The number of anilines is 2. The van der Waals surface area contributed by atoms with Crippen molar-refractivity contribution in [3.63, 3.8) is 0 Å². The van der Waals surface area contributed by atoms with Crippen molar-refractivity contribution in [2.24, 2.45) is 0 Å². The summed E-state index contributed by atoms with van der Waals surface area (Å²) in [5, 5.41) is 8.14. The summed E-state index contributed by atoms with van der Waals surface area (Å²) in [5.74, 6) is -0.0435. The van der Waals surface area contributed by atoms with Crippen LogP contribution in [0.3, 0.4) is 0 Å². The maximum Gasteiger partial charge on any atom is 0.323 e. The fourth-order valence-electron chi connectivity index (χ4n) is 1.98. The Bertz CT molecular complexity index is 666. The number of likely N-dealkylation sites (N-methyl/N-ethyl adjacent to an activating group) is 1. The summed E-state index contributed by atoms with van der Waals surface area (Å²) in [7, 11) is 1.61. The number of benzene rings is 2. The lowest BCUT2D eigenvalue weighted by molar-refractivity contribution is -0.119. The highest BCUT2D eigenvalue weighted by molar-refractivity contribution is 6.00. The van der Waals surface area contributed by atoms with E-state index in [1.165, 1.54) is 0 Å². The van der Waals surface area contributed by atoms with Gasteiger partial charge in [0, 0.05) is 18.4 Å². The van der Waals surface area contributed by atoms with Crippen LogP contribution in [-0.2, 0) is 11.2 Å². The first-order valence-corrected chi connectivity index (χ1v) is 7.01. The molecule has 0 unspecified atom stereocenters. The van der Waals surface area contributed by atoms with Crippen LogP contribution in [0.4, 0.5) is 16.2 Å². The zero-order valence-electron chi connectivity index (χ0n) is 12.6. The van der Waals surface area contributed by atoms with Gasteiger partial charge < -0.3 is 16.0 Å². The van der Waals surface area contributed by atoms with Crippen LogP contribution in [0.5, 0.6) is 0 Å². The predicted octanol–water partition coefficient (Wildman–Crippen LogP) is 2.93. The number of hydrogen-bond acceptors (Lipinski definition) is 2.